The van der Waals surface area contributed by atoms with Crippen molar-refractivity contribution >= 4 is 22.9 Å². The van der Waals surface area contributed by atoms with Gasteiger partial charge in [-0.15, -0.1) is 11.3 Å². The van der Waals surface area contributed by atoms with Gasteiger partial charge in [0.1, 0.15) is 0 Å². The molecule has 1 nitrogen and oxygen atoms in total. The number of hydrogen-bond donors (Lipinski definition) is 1. The molecular formula is C11H16ClNS. The van der Waals surface area contributed by atoms with Crippen molar-refractivity contribution < 1.29 is 0 Å². The van der Waals surface area contributed by atoms with E-state index in [1.165, 1.54) is 35.4 Å². The molecule has 1 aromatic heterocycles. The van der Waals surface area contributed by atoms with Gasteiger partial charge in [0.2, 0.25) is 0 Å². The fraction of sp³-hybridized carbons (Fsp3) is 0.636. The van der Waals surface area contributed by atoms with Crippen molar-refractivity contribution in [1.29, 1.82) is 0 Å². The first-order valence-corrected chi connectivity index (χ1v) is 6.49. The van der Waals surface area contributed by atoms with Crippen LogP contribution in [0.5, 0.6) is 0 Å². The van der Waals surface area contributed by atoms with Crippen molar-refractivity contribution in [3.63, 3.8) is 0 Å². The normalized spacial score (nSPS) is 17.9. The number of nitrogens with two attached hydrogens (primary N) is 1. The second kappa shape index (κ2) is 4.65. The molecule has 0 spiro atoms. The SMILES string of the molecule is NCCc1cc(Cl)c(C2CCCC2)s1. The molecule has 2 N–H and O–H groups in total. The maximum absolute atomic E-state index is 6.23. The van der Waals surface area contributed by atoms with E-state index in [9.17, 15) is 0 Å². The highest BCUT2D eigenvalue weighted by Gasteiger charge is 2.21. The predicted molar refractivity (Wildman–Crippen MR) is 63.3 cm³/mol. The first kappa shape index (κ1) is 10.5. The van der Waals surface area contributed by atoms with Crippen LogP contribution >= 0.6 is 22.9 Å². The number of thiophene rings is 1. The summed E-state index contributed by atoms with van der Waals surface area (Å²) in [5.41, 5.74) is 5.54. The van der Waals surface area contributed by atoms with Gasteiger partial charge in [-0.25, -0.2) is 0 Å². The van der Waals surface area contributed by atoms with E-state index in [4.69, 9.17) is 17.3 Å². The summed E-state index contributed by atoms with van der Waals surface area (Å²) >= 11 is 8.10. The molecule has 0 aromatic carbocycles. The monoisotopic (exact) mass is 229 g/mol. The van der Waals surface area contributed by atoms with Gasteiger partial charge in [-0.3, -0.25) is 0 Å². The Morgan fingerprint density at radius 1 is 1.43 bits per heavy atom. The molecule has 1 fully saturated rings. The van der Waals surface area contributed by atoms with Crippen LogP contribution < -0.4 is 5.73 Å². The second-order valence-corrected chi connectivity index (χ2v) is 5.52. The Morgan fingerprint density at radius 3 is 2.79 bits per heavy atom. The molecule has 0 aliphatic heterocycles. The molecule has 0 unspecified atom stereocenters. The topological polar surface area (TPSA) is 26.0 Å². The Hall–Kier alpha value is -0.0500. The van der Waals surface area contributed by atoms with E-state index in [2.05, 4.69) is 6.07 Å². The molecule has 1 aliphatic rings. The van der Waals surface area contributed by atoms with Crippen LogP contribution in [-0.2, 0) is 6.42 Å². The van der Waals surface area contributed by atoms with Gasteiger partial charge in [0.15, 0.2) is 0 Å². The first-order chi connectivity index (χ1) is 6.81. The van der Waals surface area contributed by atoms with E-state index in [0.29, 0.717) is 0 Å². The van der Waals surface area contributed by atoms with E-state index in [-0.39, 0.29) is 0 Å². The van der Waals surface area contributed by atoms with Crippen molar-refractivity contribution in [2.75, 3.05) is 6.54 Å². The third kappa shape index (κ3) is 2.13. The Bertz CT molecular complexity index is 302. The van der Waals surface area contributed by atoms with Gasteiger partial charge in [-0.2, -0.15) is 0 Å². The Morgan fingerprint density at radius 2 is 2.14 bits per heavy atom. The lowest BCUT2D eigenvalue weighted by molar-refractivity contribution is 0.738. The Balaban J connectivity index is 2.15. The van der Waals surface area contributed by atoms with Crippen LogP contribution in [0.25, 0.3) is 0 Å². The smallest absolute Gasteiger partial charge is 0.0550 e. The molecule has 14 heavy (non-hydrogen) atoms. The fourth-order valence-electron chi connectivity index (χ4n) is 2.16. The lowest BCUT2D eigenvalue weighted by Gasteiger charge is -2.05. The van der Waals surface area contributed by atoms with Crippen LogP contribution in [0, 0.1) is 0 Å². The number of hydrogen-bond acceptors (Lipinski definition) is 2. The number of rotatable bonds is 3. The summed E-state index contributed by atoms with van der Waals surface area (Å²) in [6.07, 6.45) is 6.35. The van der Waals surface area contributed by atoms with Crippen molar-refractivity contribution in [2.45, 2.75) is 38.0 Å². The van der Waals surface area contributed by atoms with E-state index < -0.39 is 0 Å². The van der Waals surface area contributed by atoms with Crippen molar-refractivity contribution in [3.8, 4) is 0 Å². The van der Waals surface area contributed by atoms with Crippen LogP contribution in [0.1, 0.15) is 41.4 Å². The fourth-order valence-corrected chi connectivity index (χ4v) is 3.87. The maximum atomic E-state index is 6.23. The van der Waals surface area contributed by atoms with Crippen LogP contribution in [0.15, 0.2) is 6.07 Å². The highest BCUT2D eigenvalue weighted by Crippen LogP contribution is 2.42. The van der Waals surface area contributed by atoms with Crippen LogP contribution in [-0.4, -0.2) is 6.54 Å². The largest absolute Gasteiger partial charge is 0.330 e. The molecule has 0 amide bonds. The van der Waals surface area contributed by atoms with Gasteiger partial charge in [0.25, 0.3) is 0 Å². The van der Waals surface area contributed by atoms with Gasteiger partial charge in [0.05, 0.1) is 5.02 Å². The minimum absolute atomic E-state index is 0.723. The summed E-state index contributed by atoms with van der Waals surface area (Å²) in [6.45, 7) is 0.723. The highest BCUT2D eigenvalue weighted by molar-refractivity contribution is 7.12. The zero-order valence-corrected chi connectivity index (χ0v) is 9.83. The molecule has 0 saturated heterocycles. The minimum Gasteiger partial charge on any atom is -0.330 e. The summed E-state index contributed by atoms with van der Waals surface area (Å²) in [4.78, 5) is 2.76. The third-order valence-corrected chi connectivity index (χ3v) is 4.66. The molecule has 0 atom stereocenters. The Labute approximate surface area is 94.3 Å². The molecule has 1 aromatic rings. The molecule has 2 rings (SSSR count). The summed E-state index contributed by atoms with van der Waals surface area (Å²) in [6, 6.07) is 2.10. The molecule has 78 valence electrons. The summed E-state index contributed by atoms with van der Waals surface area (Å²) < 4.78 is 0. The molecule has 0 bridgehead atoms. The molecule has 1 aliphatic carbocycles. The maximum Gasteiger partial charge on any atom is 0.0550 e. The minimum atomic E-state index is 0.723. The molecular weight excluding hydrogens is 214 g/mol. The summed E-state index contributed by atoms with van der Waals surface area (Å²) in [5, 5.41) is 0.977. The lowest BCUT2D eigenvalue weighted by atomic mass is 10.1. The average Bonchev–Trinajstić information content (AvgIpc) is 2.74. The molecule has 1 saturated carbocycles. The molecule has 3 heteroatoms. The summed E-state index contributed by atoms with van der Waals surface area (Å²) in [5.74, 6) is 0.735. The van der Waals surface area contributed by atoms with Gasteiger partial charge < -0.3 is 5.73 Å². The quantitative estimate of drug-likeness (QED) is 0.843. The van der Waals surface area contributed by atoms with E-state index >= 15 is 0 Å². The van der Waals surface area contributed by atoms with Crippen molar-refractivity contribution in [1.82, 2.24) is 0 Å². The van der Waals surface area contributed by atoms with Gasteiger partial charge in [-0.1, -0.05) is 24.4 Å². The molecule has 1 heterocycles. The van der Waals surface area contributed by atoms with Crippen LogP contribution in [0.3, 0.4) is 0 Å². The first-order valence-electron chi connectivity index (χ1n) is 5.29. The van der Waals surface area contributed by atoms with Crippen LogP contribution in [0.4, 0.5) is 0 Å². The highest BCUT2D eigenvalue weighted by atomic mass is 35.5. The zero-order valence-electron chi connectivity index (χ0n) is 8.26. The standard InChI is InChI=1S/C11H16ClNS/c12-10-7-9(5-6-13)14-11(10)8-3-1-2-4-8/h7-8H,1-6,13H2. The van der Waals surface area contributed by atoms with Gasteiger partial charge >= 0.3 is 0 Å². The summed E-state index contributed by atoms with van der Waals surface area (Å²) in [7, 11) is 0. The van der Waals surface area contributed by atoms with Crippen LogP contribution in [0.2, 0.25) is 5.02 Å². The number of halogens is 1. The predicted octanol–water partition coefficient (Wildman–Crippen LogP) is 3.56. The van der Waals surface area contributed by atoms with Crippen molar-refractivity contribution in [3.05, 3.63) is 20.8 Å². The van der Waals surface area contributed by atoms with Gasteiger partial charge in [0, 0.05) is 9.75 Å². The van der Waals surface area contributed by atoms with Gasteiger partial charge in [-0.05, 0) is 37.8 Å². The van der Waals surface area contributed by atoms with Crippen molar-refractivity contribution in [2.24, 2.45) is 5.73 Å². The second-order valence-electron chi connectivity index (χ2n) is 3.94. The molecule has 0 radical (unpaired) electrons. The van der Waals surface area contributed by atoms with E-state index in [0.717, 1.165) is 23.9 Å². The average molecular weight is 230 g/mol. The van der Waals surface area contributed by atoms with E-state index in [1.54, 1.807) is 0 Å². The third-order valence-electron chi connectivity index (χ3n) is 2.88. The Kier molecular flexibility index (Phi) is 3.47. The van der Waals surface area contributed by atoms with E-state index in [1.807, 2.05) is 11.3 Å². The zero-order chi connectivity index (χ0) is 9.97. The lowest BCUT2D eigenvalue weighted by Crippen LogP contribution is -2.00.